The molecule has 0 atom stereocenters. The number of nitrogens with one attached hydrogen (secondary N) is 1. The van der Waals surface area contributed by atoms with Crippen molar-refractivity contribution in [1.82, 2.24) is 14.5 Å². The Morgan fingerprint density at radius 2 is 2.17 bits per heavy atom. The van der Waals surface area contributed by atoms with Crippen LogP contribution in [0.15, 0.2) is 18.6 Å². The predicted octanol–water partition coefficient (Wildman–Crippen LogP) is 1.69. The molecule has 2 aromatic heterocycles. The molecule has 5 heteroatoms. The highest BCUT2D eigenvalue weighted by atomic mass is 16.3. The van der Waals surface area contributed by atoms with Crippen LogP contribution in [-0.4, -0.2) is 31.8 Å². The quantitative estimate of drug-likeness (QED) is 0.865. The molecule has 3 rings (SSSR count). The molecule has 1 aliphatic rings. The minimum absolute atomic E-state index is 0.151. The van der Waals surface area contributed by atoms with Crippen LogP contribution in [0.25, 0.3) is 11.0 Å². The van der Waals surface area contributed by atoms with Crippen molar-refractivity contribution < 1.29 is 5.11 Å². The Hall–Kier alpha value is -1.62. The molecule has 1 fully saturated rings. The van der Waals surface area contributed by atoms with Gasteiger partial charge in [-0.2, -0.15) is 0 Å². The van der Waals surface area contributed by atoms with Crippen LogP contribution in [0.5, 0.6) is 0 Å². The lowest BCUT2D eigenvalue weighted by atomic mass is 9.99. The lowest BCUT2D eigenvalue weighted by molar-refractivity contribution is 0.214. The van der Waals surface area contributed by atoms with Gasteiger partial charge in [0.1, 0.15) is 5.52 Å². The van der Waals surface area contributed by atoms with E-state index in [4.69, 9.17) is 0 Å². The van der Waals surface area contributed by atoms with E-state index in [0.29, 0.717) is 0 Å². The predicted molar refractivity (Wildman–Crippen MR) is 70.4 cm³/mol. The Kier molecular flexibility index (Phi) is 2.70. The number of hydrogen-bond donors (Lipinski definition) is 2. The summed E-state index contributed by atoms with van der Waals surface area (Å²) in [5.41, 5.74) is 1.72. The molecular formula is C13H18N4O. The third-order valence-corrected chi connectivity index (χ3v) is 3.89. The summed E-state index contributed by atoms with van der Waals surface area (Å²) in [6.07, 6.45) is 7.88. The SMILES string of the molecule is Cn1cnc2c(NC3(CO)CCCC3)nccc21. The van der Waals surface area contributed by atoms with Crippen LogP contribution >= 0.6 is 0 Å². The summed E-state index contributed by atoms with van der Waals surface area (Å²) in [4.78, 5) is 8.76. The largest absolute Gasteiger partial charge is 0.394 e. The third kappa shape index (κ3) is 1.75. The first-order valence-electron chi connectivity index (χ1n) is 6.39. The fourth-order valence-corrected chi connectivity index (χ4v) is 2.78. The molecule has 2 heterocycles. The van der Waals surface area contributed by atoms with Crippen LogP contribution in [0, 0.1) is 0 Å². The molecule has 0 aliphatic heterocycles. The van der Waals surface area contributed by atoms with Gasteiger partial charge in [0.25, 0.3) is 0 Å². The number of aliphatic hydroxyl groups excluding tert-OH is 1. The highest BCUT2D eigenvalue weighted by molar-refractivity contribution is 5.86. The van der Waals surface area contributed by atoms with E-state index in [0.717, 1.165) is 42.5 Å². The van der Waals surface area contributed by atoms with Crippen molar-refractivity contribution in [2.45, 2.75) is 31.2 Å². The summed E-state index contributed by atoms with van der Waals surface area (Å²) in [6.45, 7) is 0.151. The molecule has 0 radical (unpaired) electrons. The van der Waals surface area contributed by atoms with E-state index in [2.05, 4.69) is 15.3 Å². The molecule has 0 aromatic carbocycles. The number of aromatic nitrogens is 3. The number of nitrogens with zero attached hydrogens (tertiary/aromatic N) is 3. The van der Waals surface area contributed by atoms with E-state index in [1.54, 1.807) is 12.5 Å². The zero-order valence-corrected chi connectivity index (χ0v) is 10.6. The van der Waals surface area contributed by atoms with E-state index in [9.17, 15) is 5.11 Å². The Morgan fingerprint density at radius 3 is 2.89 bits per heavy atom. The number of rotatable bonds is 3. The molecule has 96 valence electrons. The maximum absolute atomic E-state index is 9.64. The fourth-order valence-electron chi connectivity index (χ4n) is 2.78. The monoisotopic (exact) mass is 246 g/mol. The number of hydrogen-bond acceptors (Lipinski definition) is 4. The van der Waals surface area contributed by atoms with Gasteiger partial charge in [0.2, 0.25) is 0 Å². The normalized spacial score (nSPS) is 18.3. The van der Waals surface area contributed by atoms with Crippen molar-refractivity contribution in [2.75, 3.05) is 11.9 Å². The molecule has 1 saturated carbocycles. The number of imidazole rings is 1. The van der Waals surface area contributed by atoms with Crippen LogP contribution in [0.4, 0.5) is 5.82 Å². The van der Waals surface area contributed by atoms with Crippen molar-refractivity contribution in [3.05, 3.63) is 18.6 Å². The molecule has 0 bridgehead atoms. The van der Waals surface area contributed by atoms with E-state index < -0.39 is 0 Å². The third-order valence-electron chi connectivity index (χ3n) is 3.89. The molecule has 2 aromatic rings. The minimum Gasteiger partial charge on any atom is -0.394 e. The van der Waals surface area contributed by atoms with Gasteiger partial charge in [0.15, 0.2) is 5.82 Å². The molecule has 0 unspecified atom stereocenters. The van der Waals surface area contributed by atoms with Crippen LogP contribution in [-0.2, 0) is 7.05 Å². The van der Waals surface area contributed by atoms with Gasteiger partial charge in [0, 0.05) is 13.2 Å². The van der Waals surface area contributed by atoms with Gasteiger partial charge in [-0.3, -0.25) is 0 Å². The van der Waals surface area contributed by atoms with Gasteiger partial charge >= 0.3 is 0 Å². The molecule has 0 saturated heterocycles. The molecular weight excluding hydrogens is 228 g/mol. The van der Waals surface area contributed by atoms with Gasteiger partial charge < -0.3 is 15.0 Å². The van der Waals surface area contributed by atoms with Gasteiger partial charge in [-0.05, 0) is 18.9 Å². The van der Waals surface area contributed by atoms with Crippen LogP contribution in [0.1, 0.15) is 25.7 Å². The van der Waals surface area contributed by atoms with Gasteiger partial charge in [0.05, 0.1) is 24.0 Å². The smallest absolute Gasteiger partial charge is 0.154 e. The average Bonchev–Trinajstić information content (AvgIpc) is 2.99. The molecule has 0 amide bonds. The minimum atomic E-state index is -0.210. The highest BCUT2D eigenvalue weighted by Crippen LogP contribution is 2.33. The van der Waals surface area contributed by atoms with Gasteiger partial charge in [-0.15, -0.1) is 0 Å². The Morgan fingerprint density at radius 1 is 1.39 bits per heavy atom. The van der Waals surface area contributed by atoms with E-state index in [1.807, 2.05) is 17.7 Å². The van der Waals surface area contributed by atoms with Crippen LogP contribution in [0.3, 0.4) is 0 Å². The molecule has 2 N–H and O–H groups in total. The molecule has 18 heavy (non-hydrogen) atoms. The van der Waals surface area contributed by atoms with Crippen LogP contribution < -0.4 is 5.32 Å². The molecule has 5 nitrogen and oxygen atoms in total. The average molecular weight is 246 g/mol. The van der Waals surface area contributed by atoms with E-state index in [1.165, 1.54) is 0 Å². The number of pyridine rings is 1. The van der Waals surface area contributed by atoms with Crippen molar-refractivity contribution in [3.8, 4) is 0 Å². The summed E-state index contributed by atoms with van der Waals surface area (Å²) in [5, 5.41) is 13.1. The van der Waals surface area contributed by atoms with E-state index in [-0.39, 0.29) is 12.1 Å². The Balaban J connectivity index is 1.99. The second-order valence-corrected chi connectivity index (χ2v) is 5.15. The first-order valence-corrected chi connectivity index (χ1v) is 6.39. The standard InChI is InChI=1S/C13H18N4O/c1-17-9-15-11-10(17)4-7-14-12(11)16-13(8-18)5-2-3-6-13/h4,7,9,18H,2-3,5-6,8H2,1H3,(H,14,16). The zero-order chi connectivity index (χ0) is 12.6. The van der Waals surface area contributed by atoms with Crippen molar-refractivity contribution >= 4 is 16.9 Å². The summed E-state index contributed by atoms with van der Waals surface area (Å²) >= 11 is 0. The van der Waals surface area contributed by atoms with E-state index >= 15 is 0 Å². The molecule has 0 spiro atoms. The number of fused-ring (bicyclic) bond motifs is 1. The summed E-state index contributed by atoms with van der Waals surface area (Å²) < 4.78 is 1.97. The zero-order valence-electron chi connectivity index (χ0n) is 10.6. The maximum atomic E-state index is 9.64. The van der Waals surface area contributed by atoms with Gasteiger partial charge in [-0.25, -0.2) is 9.97 Å². The lowest BCUT2D eigenvalue weighted by Gasteiger charge is -2.28. The van der Waals surface area contributed by atoms with Crippen LogP contribution in [0.2, 0.25) is 0 Å². The van der Waals surface area contributed by atoms with Crippen molar-refractivity contribution in [2.24, 2.45) is 7.05 Å². The number of aryl methyl sites for hydroxylation is 1. The number of anilines is 1. The number of aliphatic hydroxyl groups is 1. The van der Waals surface area contributed by atoms with Gasteiger partial charge in [-0.1, -0.05) is 12.8 Å². The summed E-state index contributed by atoms with van der Waals surface area (Å²) in [6, 6.07) is 1.95. The second kappa shape index (κ2) is 4.24. The highest BCUT2D eigenvalue weighted by Gasteiger charge is 2.33. The summed E-state index contributed by atoms with van der Waals surface area (Å²) in [5.74, 6) is 0.782. The first kappa shape index (κ1) is 11.5. The second-order valence-electron chi connectivity index (χ2n) is 5.15. The van der Waals surface area contributed by atoms with Crippen molar-refractivity contribution in [1.29, 1.82) is 0 Å². The summed E-state index contributed by atoms with van der Waals surface area (Å²) in [7, 11) is 1.97. The maximum Gasteiger partial charge on any atom is 0.154 e. The Bertz CT molecular complexity index is 557. The molecule has 1 aliphatic carbocycles. The lowest BCUT2D eigenvalue weighted by Crippen LogP contribution is -2.39. The fraction of sp³-hybridized carbons (Fsp3) is 0.538. The van der Waals surface area contributed by atoms with Crippen molar-refractivity contribution in [3.63, 3.8) is 0 Å². The topological polar surface area (TPSA) is 63.0 Å². The Labute approximate surface area is 106 Å². The first-order chi connectivity index (χ1) is 8.74.